The van der Waals surface area contributed by atoms with Crippen molar-refractivity contribution in [2.75, 3.05) is 6.54 Å². The number of nitrogens with zero attached hydrogens (tertiary/aromatic N) is 1. The molecule has 2 atom stereocenters. The third kappa shape index (κ3) is 2.75. The number of para-hydroxylation sites is 1. The van der Waals surface area contributed by atoms with E-state index in [1.165, 1.54) is 0 Å². The van der Waals surface area contributed by atoms with E-state index in [0.29, 0.717) is 19.5 Å². The minimum Gasteiger partial charge on any atom is -0.392 e. The molecule has 0 saturated carbocycles. The summed E-state index contributed by atoms with van der Waals surface area (Å²) in [5.41, 5.74) is 0.964. The molecule has 100 valence electrons. The van der Waals surface area contributed by atoms with Crippen molar-refractivity contribution in [3.8, 4) is 0 Å². The molecule has 1 amide bonds. The number of benzene rings is 1. The van der Waals surface area contributed by atoms with Gasteiger partial charge in [-0.2, -0.15) is 0 Å². The Kier molecular flexibility index (Phi) is 3.46. The highest BCUT2D eigenvalue weighted by molar-refractivity contribution is 7.18. The predicted octanol–water partition coefficient (Wildman–Crippen LogP) is 0.635. The fourth-order valence-corrected chi connectivity index (χ4v) is 3.11. The summed E-state index contributed by atoms with van der Waals surface area (Å²) in [4.78, 5) is 16.3. The van der Waals surface area contributed by atoms with Crippen molar-refractivity contribution in [1.82, 2.24) is 15.6 Å². The number of aliphatic hydroxyl groups is 1. The molecular formula is C13H15N3O2S. The van der Waals surface area contributed by atoms with Crippen LogP contribution in [0.5, 0.6) is 0 Å². The van der Waals surface area contributed by atoms with Gasteiger partial charge in [-0.1, -0.05) is 12.1 Å². The maximum atomic E-state index is 11.9. The molecule has 0 unspecified atom stereocenters. The Balaban J connectivity index is 1.61. The van der Waals surface area contributed by atoms with E-state index in [1.54, 1.807) is 11.3 Å². The van der Waals surface area contributed by atoms with E-state index in [9.17, 15) is 9.90 Å². The van der Waals surface area contributed by atoms with Gasteiger partial charge in [0.1, 0.15) is 5.01 Å². The number of carbonyl (C=O) groups excluding carboxylic acids is 1. The number of hydrogen-bond donors (Lipinski definition) is 3. The molecule has 1 aromatic heterocycles. The Morgan fingerprint density at radius 2 is 2.37 bits per heavy atom. The van der Waals surface area contributed by atoms with Gasteiger partial charge in [-0.15, -0.1) is 11.3 Å². The average Bonchev–Trinajstić information content (AvgIpc) is 3.01. The summed E-state index contributed by atoms with van der Waals surface area (Å²) in [6.45, 7) is 0.922. The summed E-state index contributed by atoms with van der Waals surface area (Å²) in [6, 6.07) is 7.63. The quantitative estimate of drug-likeness (QED) is 0.769. The minimum atomic E-state index is -0.418. The van der Waals surface area contributed by atoms with E-state index >= 15 is 0 Å². The first-order chi connectivity index (χ1) is 9.22. The molecule has 19 heavy (non-hydrogen) atoms. The maximum absolute atomic E-state index is 11.9. The standard InChI is InChI=1S/C13H15N3O2S/c17-8-5-10(14-6-8)13(18)15-7-12-16-9-3-1-2-4-11(9)19-12/h1-4,8,10,14,17H,5-7H2,(H,15,18)/t8-,10-/m0/s1. The van der Waals surface area contributed by atoms with E-state index in [2.05, 4.69) is 15.6 Å². The van der Waals surface area contributed by atoms with Gasteiger partial charge in [-0.05, 0) is 18.6 Å². The van der Waals surface area contributed by atoms with Crippen LogP contribution in [0.2, 0.25) is 0 Å². The van der Waals surface area contributed by atoms with Crippen molar-refractivity contribution >= 4 is 27.5 Å². The third-order valence-electron chi connectivity index (χ3n) is 3.18. The van der Waals surface area contributed by atoms with Crippen molar-refractivity contribution < 1.29 is 9.90 Å². The minimum absolute atomic E-state index is 0.0733. The molecule has 0 aliphatic carbocycles. The average molecular weight is 277 g/mol. The van der Waals surface area contributed by atoms with Crippen LogP contribution in [0.1, 0.15) is 11.4 Å². The summed E-state index contributed by atoms with van der Waals surface area (Å²) >= 11 is 1.59. The van der Waals surface area contributed by atoms with Gasteiger partial charge in [0.2, 0.25) is 5.91 Å². The highest BCUT2D eigenvalue weighted by atomic mass is 32.1. The monoisotopic (exact) mass is 277 g/mol. The largest absolute Gasteiger partial charge is 0.392 e. The lowest BCUT2D eigenvalue weighted by Gasteiger charge is -2.09. The lowest BCUT2D eigenvalue weighted by atomic mass is 10.2. The number of aromatic nitrogens is 1. The maximum Gasteiger partial charge on any atom is 0.237 e. The van der Waals surface area contributed by atoms with Crippen molar-refractivity contribution in [2.24, 2.45) is 0 Å². The lowest BCUT2D eigenvalue weighted by Crippen LogP contribution is -2.39. The van der Waals surface area contributed by atoms with Crippen LogP contribution in [0.4, 0.5) is 0 Å². The second kappa shape index (κ2) is 5.24. The van der Waals surface area contributed by atoms with Crippen LogP contribution in [-0.2, 0) is 11.3 Å². The van der Waals surface area contributed by atoms with Crippen LogP contribution in [0.15, 0.2) is 24.3 Å². The number of β-amino-alcohol motifs (C(OH)–C–C–N with tert-alkyl or cyclic N) is 1. The first kappa shape index (κ1) is 12.5. The molecular weight excluding hydrogens is 262 g/mol. The number of carbonyl (C=O) groups is 1. The Morgan fingerprint density at radius 3 is 3.11 bits per heavy atom. The van der Waals surface area contributed by atoms with Gasteiger partial charge in [0.05, 0.1) is 28.9 Å². The zero-order valence-electron chi connectivity index (χ0n) is 10.3. The number of rotatable bonds is 3. The molecule has 0 bridgehead atoms. The summed E-state index contributed by atoms with van der Waals surface area (Å²) in [6.07, 6.45) is 0.0595. The van der Waals surface area contributed by atoms with Crippen molar-refractivity contribution in [3.63, 3.8) is 0 Å². The van der Waals surface area contributed by atoms with Crippen LogP contribution in [0.3, 0.4) is 0 Å². The van der Waals surface area contributed by atoms with Crippen LogP contribution >= 0.6 is 11.3 Å². The van der Waals surface area contributed by atoms with Gasteiger partial charge >= 0.3 is 0 Å². The first-order valence-corrected chi connectivity index (χ1v) is 7.07. The zero-order valence-corrected chi connectivity index (χ0v) is 11.1. The van der Waals surface area contributed by atoms with Gasteiger partial charge < -0.3 is 15.7 Å². The number of fused-ring (bicyclic) bond motifs is 1. The predicted molar refractivity (Wildman–Crippen MR) is 73.9 cm³/mol. The highest BCUT2D eigenvalue weighted by Gasteiger charge is 2.27. The van der Waals surface area contributed by atoms with Crippen LogP contribution in [0, 0.1) is 0 Å². The van der Waals surface area contributed by atoms with E-state index in [-0.39, 0.29) is 11.9 Å². The molecule has 6 heteroatoms. The summed E-state index contributed by atoms with van der Waals surface area (Å²) in [5, 5.41) is 16.1. The molecule has 3 N–H and O–H groups in total. The normalized spacial score (nSPS) is 22.8. The van der Waals surface area contributed by atoms with Crippen LogP contribution in [-0.4, -0.2) is 34.7 Å². The van der Waals surface area contributed by atoms with Gasteiger partial charge in [0.25, 0.3) is 0 Å². The van der Waals surface area contributed by atoms with E-state index in [1.807, 2.05) is 24.3 Å². The molecule has 1 aliphatic heterocycles. The number of hydrogen-bond acceptors (Lipinski definition) is 5. The summed E-state index contributed by atoms with van der Waals surface area (Å²) in [5.74, 6) is -0.0733. The molecule has 1 fully saturated rings. The van der Waals surface area contributed by atoms with Gasteiger partial charge in [0.15, 0.2) is 0 Å². The second-order valence-corrected chi connectivity index (χ2v) is 5.76. The van der Waals surface area contributed by atoms with E-state index in [4.69, 9.17) is 0 Å². The van der Waals surface area contributed by atoms with Crippen LogP contribution < -0.4 is 10.6 Å². The van der Waals surface area contributed by atoms with Crippen LogP contribution in [0.25, 0.3) is 10.2 Å². The third-order valence-corrected chi connectivity index (χ3v) is 4.21. The molecule has 0 spiro atoms. The summed E-state index contributed by atoms with van der Waals surface area (Å²) < 4.78 is 1.13. The number of thiazole rings is 1. The highest BCUT2D eigenvalue weighted by Crippen LogP contribution is 2.21. The molecule has 1 aliphatic rings. The molecule has 2 heterocycles. The Labute approximate surface area is 114 Å². The van der Waals surface area contributed by atoms with E-state index < -0.39 is 6.10 Å². The Hall–Kier alpha value is -1.50. The van der Waals surface area contributed by atoms with Gasteiger partial charge in [0, 0.05) is 6.54 Å². The number of aliphatic hydroxyl groups excluding tert-OH is 1. The fraction of sp³-hybridized carbons (Fsp3) is 0.385. The summed E-state index contributed by atoms with van der Waals surface area (Å²) in [7, 11) is 0. The van der Waals surface area contributed by atoms with Crippen molar-refractivity contribution in [2.45, 2.75) is 25.1 Å². The van der Waals surface area contributed by atoms with Gasteiger partial charge in [-0.3, -0.25) is 4.79 Å². The topological polar surface area (TPSA) is 74.2 Å². The molecule has 1 aromatic carbocycles. The van der Waals surface area contributed by atoms with Crippen molar-refractivity contribution in [1.29, 1.82) is 0 Å². The fourth-order valence-electron chi connectivity index (χ4n) is 2.20. The lowest BCUT2D eigenvalue weighted by molar-refractivity contribution is -0.123. The molecule has 0 radical (unpaired) electrons. The Bertz CT molecular complexity index is 565. The number of amides is 1. The molecule has 3 rings (SSSR count). The zero-order chi connectivity index (χ0) is 13.2. The molecule has 2 aromatic rings. The van der Waals surface area contributed by atoms with Crippen molar-refractivity contribution in [3.05, 3.63) is 29.3 Å². The SMILES string of the molecule is O=C(NCc1nc2ccccc2s1)[C@@H]1C[C@H](O)CN1. The van der Waals surface area contributed by atoms with Gasteiger partial charge in [-0.25, -0.2) is 4.98 Å². The number of nitrogens with one attached hydrogen (secondary N) is 2. The second-order valence-electron chi connectivity index (χ2n) is 4.64. The first-order valence-electron chi connectivity index (χ1n) is 6.26. The smallest absolute Gasteiger partial charge is 0.237 e. The van der Waals surface area contributed by atoms with E-state index in [0.717, 1.165) is 15.2 Å². The Morgan fingerprint density at radius 1 is 1.53 bits per heavy atom. The molecule has 5 nitrogen and oxygen atoms in total. The molecule has 1 saturated heterocycles.